The Bertz CT molecular complexity index is 53.7. The second-order valence-electron chi connectivity index (χ2n) is 1.88. The summed E-state index contributed by atoms with van der Waals surface area (Å²) >= 11 is 2.67. The molecule has 0 atom stereocenters. The fraction of sp³-hybridized carbons (Fsp3) is 1.00. The topological polar surface area (TPSA) is 40.5 Å². The molecule has 0 aliphatic rings. The molecule has 0 spiro atoms. The molecule has 0 aliphatic heterocycles. The summed E-state index contributed by atoms with van der Waals surface area (Å²) in [6, 6.07) is 0. The van der Waals surface area contributed by atoms with E-state index in [1.165, 1.54) is 0 Å². The van der Waals surface area contributed by atoms with Gasteiger partial charge in [0.05, 0.1) is 6.61 Å². The zero-order valence-corrected chi connectivity index (χ0v) is 7.59. The van der Waals surface area contributed by atoms with Crippen LogP contribution >= 0.6 is 23.8 Å². The van der Waals surface area contributed by atoms with Crippen LogP contribution in [0, 0.1) is 0 Å². The van der Waals surface area contributed by atoms with E-state index in [0.717, 1.165) is 42.1 Å². The van der Waals surface area contributed by atoms with Gasteiger partial charge in [-0.25, -0.2) is 0 Å². The summed E-state index contributed by atoms with van der Waals surface area (Å²) in [7, 11) is 0. The first kappa shape index (κ1) is 10.6. The number of aliphatic hydroxyl groups excluding tert-OH is 1. The summed E-state index contributed by atoms with van der Waals surface area (Å²) < 4.78 is 8.34. The molecule has 2 nitrogen and oxygen atoms in total. The van der Waals surface area contributed by atoms with Crippen molar-refractivity contribution in [2.75, 3.05) is 23.9 Å². The smallest absolute Gasteiger partial charge is 0.0521 e. The van der Waals surface area contributed by atoms with Crippen LogP contribution in [0.4, 0.5) is 0 Å². The number of aliphatic hydroxyl groups is 1. The van der Waals surface area contributed by atoms with E-state index < -0.39 is 0 Å². The Labute approximate surface area is 70.6 Å². The van der Waals surface area contributed by atoms with Gasteiger partial charge in [0.1, 0.15) is 0 Å². The minimum atomic E-state index is 0.277. The minimum Gasteiger partial charge on any atom is -0.396 e. The van der Waals surface area contributed by atoms with Crippen LogP contribution in [0.25, 0.3) is 0 Å². The van der Waals surface area contributed by atoms with Crippen LogP contribution in [-0.2, 0) is 0 Å². The minimum absolute atomic E-state index is 0.277. The first-order valence-corrected chi connectivity index (χ1v) is 5.46. The average molecular weight is 182 g/mol. The fourth-order valence-electron chi connectivity index (χ4n) is 0.537. The summed E-state index contributed by atoms with van der Waals surface area (Å²) in [5.74, 6) is 2.77. The number of hydrogen-bond acceptors (Lipinski definition) is 4. The summed E-state index contributed by atoms with van der Waals surface area (Å²) in [6.07, 6.45) is 2.21. The molecule has 0 bridgehead atoms. The highest BCUT2D eigenvalue weighted by molar-refractivity contribution is 7.99. The molecule has 0 aliphatic carbocycles. The van der Waals surface area contributed by atoms with E-state index in [-0.39, 0.29) is 6.61 Å². The molecule has 4 heteroatoms. The van der Waals surface area contributed by atoms with Gasteiger partial charge in [0.15, 0.2) is 0 Å². The van der Waals surface area contributed by atoms with Crippen LogP contribution in [0.1, 0.15) is 12.8 Å². The van der Waals surface area contributed by atoms with Gasteiger partial charge in [0.25, 0.3) is 0 Å². The van der Waals surface area contributed by atoms with E-state index in [0.29, 0.717) is 0 Å². The van der Waals surface area contributed by atoms with Gasteiger partial charge in [-0.3, -0.25) is 0 Å². The van der Waals surface area contributed by atoms with Crippen LogP contribution in [0.15, 0.2) is 0 Å². The third-order valence-electron chi connectivity index (χ3n) is 1.01. The van der Waals surface area contributed by atoms with E-state index in [2.05, 4.69) is 0 Å². The Morgan fingerprint density at radius 2 is 1.70 bits per heavy atom. The molecule has 0 unspecified atom stereocenters. The lowest BCUT2D eigenvalue weighted by Gasteiger charge is -1.97. The lowest BCUT2D eigenvalue weighted by atomic mass is 10.4. The normalized spacial score (nSPS) is 10.2. The predicted octanol–water partition coefficient (Wildman–Crippen LogP) is 1.70. The number of thioether (sulfide) groups is 1. The summed E-state index contributed by atoms with van der Waals surface area (Å²) in [5, 5.41) is 8.40. The summed E-state index contributed by atoms with van der Waals surface area (Å²) in [4.78, 5) is 0. The highest BCUT2D eigenvalue weighted by atomic mass is 32.2. The number of rotatable bonds is 7. The molecule has 0 rings (SSSR count). The Balaban J connectivity index is 2.65. The fourth-order valence-corrected chi connectivity index (χ4v) is 1.61. The number of unbranched alkanes of at least 4 members (excludes halogenated alkanes) is 1. The van der Waals surface area contributed by atoms with Gasteiger partial charge in [0, 0.05) is 11.5 Å². The van der Waals surface area contributed by atoms with E-state index >= 15 is 0 Å². The van der Waals surface area contributed by atoms with Crippen molar-refractivity contribution in [1.29, 1.82) is 0 Å². The highest BCUT2D eigenvalue weighted by Crippen LogP contribution is 2.05. The van der Waals surface area contributed by atoms with Crippen LogP contribution in [0.5, 0.6) is 0 Å². The third kappa shape index (κ3) is 8.62. The zero-order chi connectivity index (χ0) is 7.66. The van der Waals surface area contributed by atoms with Gasteiger partial charge in [-0.15, -0.1) is 0 Å². The maximum Gasteiger partial charge on any atom is 0.0521 e. The molecular weight excluding hydrogens is 168 g/mol. The predicted molar refractivity (Wildman–Crippen MR) is 48.7 cm³/mol. The first-order chi connectivity index (χ1) is 4.91. The van der Waals surface area contributed by atoms with Crippen molar-refractivity contribution in [2.24, 2.45) is 0 Å². The molecule has 0 aromatic rings. The van der Waals surface area contributed by atoms with Crippen LogP contribution in [0.2, 0.25) is 0 Å². The van der Waals surface area contributed by atoms with Crippen molar-refractivity contribution < 1.29 is 9.66 Å². The molecule has 10 heavy (non-hydrogen) atoms. The molecule has 0 aromatic carbocycles. The molecule has 0 amide bonds. The van der Waals surface area contributed by atoms with Gasteiger partial charge in [-0.05, 0) is 30.6 Å². The Hall–Kier alpha value is 0.620. The monoisotopic (exact) mass is 182 g/mol. The van der Waals surface area contributed by atoms with E-state index in [9.17, 15) is 0 Å². The summed E-state index contributed by atoms with van der Waals surface area (Å²) in [6.45, 7) is 0.277. The number of hydrogen-bond donors (Lipinski definition) is 2. The van der Waals surface area contributed by atoms with Crippen LogP contribution in [-0.4, -0.2) is 33.5 Å². The van der Waals surface area contributed by atoms with Crippen LogP contribution < -0.4 is 0 Å². The molecule has 0 saturated carbocycles. The van der Waals surface area contributed by atoms with Crippen LogP contribution in [0.3, 0.4) is 0 Å². The van der Waals surface area contributed by atoms with Gasteiger partial charge < -0.3 is 9.66 Å². The third-order valence-corrected chi connectivity index (χ3v) is 2.53. The Morgan fingerprint density at radius 1 is 1.00 bits per heavy atom. The van der Waals surface area contributed by atoms with E-state index in [1.54, 1.807) is 11.8 Å². The van der Waals surface area contributed by atoms with Crippen molar-refractivity contribution >= 4 is 23.8 Å². The molecule has 0 heterocycles. The van der Waals surface area contributed by atoms with E-state index in [4.69, 9.17) is 9.66 Å². The first-order valence-electron chi connectivity index (χ1n) is 3.36. The van der Waals surface area contributed by atoms with Crippen molar-refractivity contribution in [1.82, 2.24) is 0 Å². The second kappa shape index (κ2) is 9.62. The SMILES string of the molecule is OCCSCCCCSO. The molecule has 0 radical (unpaired) electrons. The summed E-state index contributed by atoms with van der Waals surface area (Å²) in [5.41, 5.74) is 0. The van der Waals surface area contributed by atoms with Crippen molar-refractivity contribution in [3.8, 4) is 0 Å². The lowest BCUT2D eigenvalue weighted by Crippen LogP contribution is -1.89. The Kier molecular flexibility index (Phi) is 10.2. The van der Waals surface area contributed by atoms with Gasteiger partial charge in [-0.1, -0.05) is 0 Å². The second-order valence-corrected chi connectivity index (χ2v) is 3.77. The molecule has 0 saturated heterocycles. The van der Waals surface area contributed by atoms with E-state index in [1.807, 2.05) is 0 Å². The average Bonchev–Trinajstić information content (AvgIpc) is 1.97. The standard InChI is InChI=1S/C6H14O2S2/c7-3-6-9-4-1-2-5-10-8/h7-8H,1-6H2. The molecule has 62 valence electrons. The highest BCUT2D eigenvalue weighted by Gasteiger charge is 1.88. The van der Waals surface area contributed by atoms with Crippen molar-refractivity contribution in [3.05, 3.63) is 0 Å². The molecular formula is C6H14O2S2. The lowest BCUT2D eigenvalue weighted by molar-refractivity contribution is 0.322. The molecule has 0 fully saturated rings. The van der Waals surface area contributed by atoms with Gasteiger partial charge in [-0.2, -0.15) is 11.8 Å². The maximum atomic E-state index is 8.40. The maximum absolute atomic E-state index is 8.40. The van der Waals surface area contributed by atoms with Crippen molar-refractivity contribution in [3.63, 3.8) is 0 Å². The van der Waals surface area contributed by atoms with Gasteiger partial charge in [0.2, 0.25) is 0 Å². The quantitative estimate of drug-likeness (QED) is 0.464. The molecule has 0 aromatic heterocycles. The zero-order valence-electron chi connectivity index (χ0n) is 5.95. The Morgan fingerprint density at radius 3 is 2.30 bits per heavy atom. The van der Waals surface area contributed by atoms with Gasteiger partial charge >= 0.3 is 0 Å². The van der Waals surface area contributed by atoms with Crippen molar-refractivity contribution in [2.45, 2.75) is 12.8 Å². The molecule has 2 N–H and O–H groups in total. The largest absolute Gasteiger partial charge is 0.396 e.